The van der Waals surface area contributed by atoms with Crippen LogP contribution in [0.25, 0.3) is 0 Å². The molecule has 0 atom stereocenters. The van der Waals surface area contributed by atoms with E-state index in [4.69, 9.17) is 4.42 Å². The van der Waals surface area contributed by atoms with Gasteiger partial charge in [-0.1, -0.05) is 6.07 Å². The predicted octanol–water partition coefficient (Wildman–Crippen LogP) is 2.86. The Hall–Kier alpha value is -1.75. The molecule has 1 aromatic heterocycles. The van der Waals surface area contributed by atoms with E-state index in [-0.39, 0.29) is 0 Å². The van der Waals surface area contributed by atoms with Gasteiger partial charge in [0.15, 0.2) is 0 Å². The molecule has 0 aliphatic heterocycles. The lowest BCUT2D eigenvalue weighted by Gasteiger charge is -2.04. The van der Waals surface area contributed by atoms with E-state index in [1.165, 1.54) is 12.1 Å². The molecule has 0 spiro atoms. The summed E-state index contributed by atoms with van der Waals surface area (Å²) in [6.07, 6.45) is 0. The van der Waals surface area contributed by atoms with Crippen LogP contribution in [-0.4, -0.2) is 4.98 Å². The molecule has 0 aliphatic carbocycles. The molecule has 5 heteroatoms. The number of nitrogens with zero attached hydrogens (tertiary/aromatic N) is 1. The molecule has 0 aliphatic rings. The monoisotopic (exact) mass is 252 g/mol. The first-order chi connectivity index (χ1) is 8.56. The summed E-state index contributed by atoms with van der Waals surface area (Å²) in [6, 6.07) is 3.53. The van der Waals surface area contributed by atoms with E-state index < -0.39 is 11.6 Å². The molecule has 3 nitrogen and oxygen atoms in total. The van der Waals surface area contributed by atoms with E-state index in [2.05, 4.69) is 10.3 Å². The van der Waals surface area contributed by atoms with Gasteiger partial charge in [-0.2, -0.15) is 0 Å². The lowest BCUT2D eigenvalue weighted by Crippen LogP contribution is -2.14. The molecule has 96 valence electrons. The van der Waals surface area contributed by atoms with Crippen molar-refractivity contribution in [1.82, 2.24) is 10.3 Å². The number of hydrogen-bond donors (Lipinski definition) is 1. The van der Waals surface area contributed by atoms with E-state index in [0.29, 0.717) is 24.5 Å². The number of hydrogen-bond acceptors (Lipinski definition) is 3. The molecule has 1 aromatic carbocycles. The highest BCUT2D eigenvalue weighted by atomic mass is 19.1. The first kappa shape index (κ1) is 12.7. The van der Waals surface area contributed by atoms with Gasteiger partial charge in [0.05, 0.1) is 12.2 Å². The lowest BCUT2D eigenvalue weighted by molar-refractivity contribution is 0.446. The Morgan fingerprint density at radius 3 is 2.61 bits per heavy atom. The van der Waals surface area contributed by atoms with Gasteiger partial charge in [0, 0.05) is 18.2 Å². The van der Waals surface area contributed by atoms with Gasteiger partial charge in [-0.05, 0) is 19.9 Å². The SMILES string of the molecule is Cc1nc(CNCc2ccc(F)cc2F)oc1C. The average molecular weight is 252 g/mol. The minimum Gasteiger partial charge on any atom is -0.444 e. The van der Waals surface area contributed by atoms with Crippen LogP contribution < -0.4 is 5.32 Å². The van der Waals surface area contributed by atoms with Crippen LogP contribution in [0.3, 0.4) is 0 Å². The Morgan fingerprint density at radius 1 is 1.22 bits per heavy atom. The summed E-state index contributed by atoms with van der Waals surface area (Å²) in [5.41, 5.74) is 1.26. The molecule has 1 N–H and O–H groups in total. The first-order valence-corrected chi connectivity index (χ1v) is 5.64. The van der Waals surface area contributed by atoms with Gasteiger partial charge in [-0.15, -0.1) is 0 Å². The molecule has 2 rings (SSSR count). The van der Waals surface area contributed by atoms with Crippen LogP contribution in [0.15, 0.2) is 22.6 Å². The van der Waals surface area contributed by atoms with Gasteiger partial charge in [0.1, 0.15) is 17.4 Å². The highest BCUT2D eigenvalue weighted by Crippen LogP contribution is 2.10. The lowest BCUT2D eigenvalue weighted by atomic mass is 10.2. The summed E-state index contributed by atoms with van der Waals surface area (Å²) >= 11 is 0. The van der Waals surface area contributed by atoms with E-state index in [9.17, 15) is 8.78 Å². The topological polar surface area (TPSA) is 38.1 Å². The zero-order chi connectivity index (χ0) is 13.1. The molecule has 0 saturated carbocycles. The molecule has 0 fully saturated rings. The van der Waals surface area contributed by atoms with Gasteiger partial charge in [0.25, 0.3) is 0 Å². The number of nitrogens with one attached hydrogen (secondary N) is 1. The second-order valence-electron chi connectivity index (χ2n) is 4.09. The third kappa shape index (κ3) is 2.92. The number of halogens is 2. The molecule has 0 radical (unpaired) electrons. The third-order valence-electron chi connectivity index (χ3n) is 2.68. The molecule has 18 heavy (non-hydrogen) atoms. The zero-order valence-electron chi connectivity index (χ0n) is 10.3. The fourth-order valence-corrected chi connectivity index (χ4v) is 1.58. The van der Waals surface area contributed by atoms with E-state index in [1.54, 1.807) is 0 Å². The van der Waals surface area contributed by atoms with Crippen molar-refractivity contribution in [3.63, 3.8) is 0 Å². The van der Waals surface area contributed by atoms with E-state index >= 15 is 0 Å². The molecular formula is C13H14F2N2O. The molecule has 0 saturated heterocycles. The molecule has 1 heterocycles. The predicted molar refractivity (Wildman–Crippen MR) is 62.9 cm³/mol. The van der Waals surface area contributed by atoms with Crippen LogP contribution in [-0.2, 0) is 13.1 Å². The fourth-order valence-electron chi connectivity index (χ4n) is 1.58. The maximum absolute atomic E-state index is 13.3. The summed E-state index contributed by atoms with van der Waals surface area (Å²) in [4.78, 5) is 4.20. The van der Waals surface area contributed by atoms with Crippen LogP contribution in [0, 0.1) is 25.5 Å². The third-order valence-corrected chi connectivity index (χ3v) is 2.68. The first-order valence-electron chi connectivity index (χ1n) is 5.64. The van der Waals surface area contributed by atoms with Gasteiger partial charge in [0.2, 0.25) is 5.89 Å². The zero-order valence-corrected chi connectivity index (χ0v) is 10.3. The Bertz CT molecular complexity index is 532. The smallest absolute Gasteiger partial charge is 0.208 e. The summed E-state index contributed by atoms with van der Waals surface area (Å²) in [6.45, 7) is 4.41. The van der Waals surface area contributed by atoms with Crippen LogP contribution in [0.2, 0.25) is 0 Å². The highest BCUT2D eigenvalue weighted by Gasteiger charge is 2.06. The maximum Gasteiger partial charge on any atom is 0.208 e. The van der Waals surface area contributed by atoms with Crippen LogP contribution in [0.1, 0.15) is 22.9 Å². The average Bonchev–Trinajstić information content (AvgIpc) is 2.61. The van der Waals surface area contributed by atoms with Crippen molar-refractivity contribution >= 4 is 0 Å². The Morgan fingerprint density at radius 2 is 2.00 bits per heavy atom. The summed E-state index contributed by atoms with van der Waals surface area (Å²) < 4.78 is 31.4. The normalized spacial score (nSPS) is 10.9. The minimum atomic E-state index is -0.574. The Labute approximate surface area is 104 Å². The largest absolute Gasteiger partial charge is 0.444 e. The molecule has 0 unspecified atom stereocenters. The number of oxazole rings is 1. The van der Waals surface area contributed by atoms with Crippen molar-refractivity contribution in [1.29, 1.82) is 0 Å². The van der Waals surface area contributed by atoms with Crippen LogP contribution in [0.4, 0.5) is 8.78 Å². The van der Waals surface area contributed by atoms with Crippen molar-refractivity contribution in [2.75, 3.05) is 0 Å². The van der Waals surface area contributed by atoms with E-state index in [0.717, 1.165) is 17.5 Å². The number of aryl methyl sites for hydroxylation is 2. The Balaban J connectivity index is 1.92. The number of aromatic nitrogens is 1. The van der Waals surface area contributed by atoms with Gasteiger partial charge >= 0.3 is 0 Å². The van der Waals surface area contributed by atoms with E-state index in [1.807, 2.05) is 13.8 Å². The second-order valence-corrected chi connectivity index (χ2v) is 4.09. The molecule has 0 bridgehead atoms. The van der Waals surface area contributed by atoms with Gasteiger partial charge in [-0.3, -0.25) is 0 Å². The summed E-state index contributed by atoms with van der Waals surface area (Å²) in [7, 11) is 0. The Kier molecular flexibility index (Phi) is 3.72. The second kappa shape index (κ2) is 5.27. The van der Waals surface area contributed by atoms with Crippen molar-refractivity contribution < 1.29 is 13.2 Å². The number of rotatable bonds is 4. The number of benzene rings is 1. The summed E-state index contributed by atoms with van der Waals surface area (Å²) in [5, 5.41) is 3.00. The summed E-state index contributed by atoms with van der Waals surface area (Å²) in [5.74, 6) is 0.213. The van der Waals surface area contributed by atoms with Gasteiger partial charge < -0.3 is 9.73 Å². The van der Waals surface area contributed by atoms with Gasteiger partial charge in [-0.25, -0.2) is 13.8 Å². The maximum atomic E-state index is 13.3. The standard InChI is InChI=1S/C13H14F2N2O/c1-8-9(2)18-13(17-8)7-16-6-10-3-4-11(14)5-12(10)15/h3-5,16H,6-7H2,1-2H3. The quantitative estimate of drug-likeness (QED) is 0.909. The van der Waals surface area contributed by atoms with Crippen molar-refractivity contribution in [2.45, 2.75) is 26.9 Å². The van der Waals surface area contributed by atoms with Crippen LogP contribution in [0.5, 0.6) is 0 Å². The van der Waals surface area contributed by atoms with Crippen molar-refractivity contribution in [2.24, 2.45) is 0 Å². The minimum absolute atomic E-state index is 0.298. The molecular weight excluding hydrogens is 238 g/mol. The van der Waals surface area contributed by atoms with Crippen molar-refractivity contribution in [3.8, 4) is 0 Å². The molecule has 2 aromatic rings. The van der Waals surface area contributed by atoms with Crippen LogP contribution >= 0.6 is 0 Å². The van der Waals surface area contributed by atoms with Crippen molar-refractivity contribution in [3.05, 3.63) is 52.7 Å². The molecule has 0 amide bonds. The fraction of sp³-hybridized carbons (Fsp3) is 0.308. The highest BCUT2D eigenvalue weighted by molar-refractivity contribution is 5.18.